The van der Waals surface area contributed by atoms with E-state index in [1.54, 1.807) is 17.7 Å². The number of halogens is 2. The van der Waals surface area contributed by atoms with Gasteiger partial charge in [0.05, 0.1) is 0 Å². The van der Waals surface area contributed by atoms with E-state index in [9.17, 15) is 4.39 Å². The molecule has 1 heterocycles. The van der Waals surface area contributed by atoms with Gasteiger partial charge in [-0.05, 0) is 18.2 Å². The normalized spacial score (nSPS) is 10.7. The molecule has 0 saturated heterocycles. The molecular formula is C9H7BrFN3S. The molecule has 0 saturated carbocycles. The van der Waals surface area contributed by atoms with Crippen molar-refractivity contribution in [2.75, 3.05) is 0 Å². The Kier molecular flexibility index (Phi) is 2.79. The Morgan fingerprint density at radius 2 is 2.13 bits per heavy atom. The van der Waals surface area contributed by atoms with Gasteiger partial charge in [-0.1, -0.05) is 15.9 Å². The minimum atomic E-state index is -0.308. The van der Waals surface area contributed by atoms with Gasteiger partial charge in [-0.15, -0.1) is 22.8 Å². The molecular weight excluding hydrogens is 281 g/mol. The molecule has 15 heavy (non-hydrogen) atoms. The number of hydrogen-bond donors (Lipinski definition) is 1. The molecule has 0 radical (unpaired) electrons. The van der Waals surface area contributed by atoms with E-state index in [1.165, 1.54) is 12.1 Å². The van der Waals surface area contributed by atoms with E-state index in [-0.39, 0.29) is 5.82 Å². The van der Waals surface area contributed by atoms with Crippen LogP contribution in [0, 0.1) is 5.82 Å². The summed E-state index contributed by atoms with van der Waals surface area (Å²) in [6.45, 7) is 0. The highest BCUT2D eigenvalue weighted by Gasteiger charge is 2.12. The van der Waals surface area contributed by atoms with Gasteiger partial charge in [0.2, 0.25) is 0 Å². The van der Waals surface area contributed by atoms with Gasteiger partial charge < -0.3 is 4.57 Å². The van der Waals surface area contributed by atoms with E-state index in [1.807, 2.05) is 0 Å². The third-order valence-electron chi connectivity index (χ3n) is 2.02. The Morgan fingerprint density at radius 3 is 2.73 bits per heavy atom. The molecule has 0 bridgehead atoms. The topological polar surface area (TPSA) is 30.7 Å². The van der Waals surface area contributed by atoms with Crippen molar-refractivity contribution in [3.63, 3.8) is 0 Å². The van der Waals surface area contributed by atoms with Crippen molar-refractivity contribution < 1.29 is 4.39 Å². The highest BCUT2D eigenvalue weighted by atomic mass is 79.9. The van der Waals surface area contributed by atoms with Crippen LogP contribution in [0.3, 0.4) is 0 Å². The van der Waals surface area contributed by atoms with Crippen molar-refractivity contribution in [1.82, 2.24) is 14.8 Å². The molecule has 2 rings (SSSR count). The van der Waals surface area contributed by atoms with Gasteiger partial charge >= 0.3 is 0 Å². The zero-order chi connectivity index (χ0) is 11.0. The first-order chi connectivity index (χ1) is 7.09. The van der Waals surface area contributed by atoms with Crippen molar-refractivity contribution >= 4 is 28.6 Å². The molecule has 1 aromatic heterocycles. The molecule has 0 aliphatic carbocycles. The number of hydrogen-bond acceptors (Lipinski definition) is 3. The van der Waals surface area contributed by atoms with Crippen molar-refractivity contribution in [1.29, 1.82) is 0 Å². The minimum Gasteiger partial charge on any atom is -0.305 e. The lowest BCUT2D eigenvalue weighted by molar-refractivity contribution is 0.627. The first kappa shape index (κ1) is 10.6. The lowest BCUT2D eigenvalue weighted by Crippen LogP contribution is -1.94. The van der Waals surface area contributed by atoms with E-state index in [4.69, 9.17) is 0 Å². The summed E-state index contributed by atoms with van der Waals surface area (Å²) in [4.78, 5) is 0. The number of rotatable bonds is 1. The van der Waals surface area contributed by atoms with Crippen LogP contribution in [0.1, 0.15) is 0 Å². The molecule has 0 atom stereocenters. The Morgan fingerprint density at radius 1 is 1.40 bits per heavy atom. The molecule has 3 nitrogen and oxygen atoms in total. The zero-order valence-corrected chi connectivity index (χ0v) is 10.3. The first-order valence-corrected chi connectivity index (χ1v) is 5.37. The highest BCUT2D eigenvalue weighted by Crippen LogP contribution is 2.27. The van der Waals surface area contributed by atoms with Crippen LogP contribution >= 0.6 is 28.6 Å². The van der Waals surface area contributed by atoms with Crippen LogP contribution in [0.2, 0.25) is 0 Å². The van der Waals surface area contributed by atoms with Crippen LogP contribution in [-0.4, -0.2) is 14.8 Å². The maximum Gasteiger partial charge on any atom is 0.188 e. The van der Waals surface area contributed by atoms with Crippen molar-refractivity contribution in [2.45, 2.75) is 5.16 Å². The molecule has 78 valence electrons. The summed E-state index contributed by atoms with van der Waals surface area (Å²) >= 11 is 7.45. The van der Waals surface area contributed by atoms with Gasteiger partial charge in [0.25, 0.3) is 0 Å². The standard InChI is InChI=1S/C9H7BrFN3S/c1-14-8(12-13-9(14)15)6-4-5(11)2-3-7(6)10/h2-4H,1H3,(H,13,15). The van der Waals surface area contributed by atoms with Crippen LogP contribution < -0.4 is 0 Å². The van der Waals surface area contributed by atoms with Gasteiger partial charge in [0, 0.05) is 17.1 Å². The Balaban J connectivity index is 2.63. The van der Waals surface area contributed by atoms with Crippen molar-refractivity contribution in [2.24, 2.45) is 7.05 Å². The summed E-state index contributed by atoms with van der Waals surface area (Å²) in [5.74, 6) is 0.267. The van der Waals surface area contributed by atoms with Gasteiger partial charge in [-0.25, -0.2) is 4.39 Å². The summed E-state index contributed by atoms with van der Waals surface area (Å²) in [5.41, 5.74) is 0.658. The van der Waals surface area contributed by atoms with E-state index >= 15 is 0 Å². The van der Waals surface area contributed by atoms with E-state index in [2.05, 4.69) is 38.8 Å². The summed E-state index contributed by atoms with van der Waals surface area (Å²) in [6.07, 6.45) is 0. The fraction of sp³-hybridized carbons (Fsp3) is 0.111. The quantitative estimate of drug-likeness (QED) is 0.818. The summed E-state index contributed by atoms with van der Waals surface area (Å²) in [7, 11) is 1.77. The second kappa shape index (κ2) is 3.94. The predicted octanol–water partition coefficient (Wildman–Crippen LogP) is 2.67. The Bertz CT molecular complexity index is 512. The SMILES string of the molecule is Cn1c(S)nnc1-c1cc(F)ccc1Br. The average Bonchev–Trinajstić information content (AvgIpc) is 2.52. The molecule has 0 amide bonds. The Hall–Kier alpha value is -0.880. The maximum absolute atomic E-state index is 13.1. The molecule has 0 N–H and O–H groups in total. The second-order valence-electron chi connectivity index (χ2n) is 3.01. The molecule has 0 aliphatic rings. The number of nitrogens with zero attached hydrogens (tertiary/aromatic N) is 3. The van der Waals surface area contributed by atoms with E-state index in [0.717, 1.165) is 4.47 Å². The number of aromatic nitrogens is 3. The monoisotopic (exact) mass is 287 g/mol. The molecule has 0 spiro atoms. The number of thiol groups is 1. The number of benzene rings is 1. The van der Waals surface area contributed by atoms with Crippen LogP contribution in [0.5, 0.6) is 0 Å². The average molecular weight is 288 g/mol. The van der Waals surface area contributed by atoms with Crippen molar-refractivity contribution in [3.8, 4) is 11.4 Å². The summed E-state index contributed by atoms with van der Waals surface area (Å²) in [5, 5.41) is 8.21. The fourth-order valence-electron chi connectivity index (χ4n) is 1.22. The maximum atomic E-state index is 13.1. The van der Waals surface area contributed by atoms with Gasteiger partial charge in [-0.3, -0.25) is 0 Å². The van der Waals surface area contributed by atoms with Crippen LogP contribution in [0.15, 0.2) is 27.8 Å². The predicted molar refractivity (Wildman–Crippen MR) is 61.3 cm³/mol. The molecule has 0 fully saturated rings. The fourth-order valence-corrected chi connectivity index (χ4v) is 1.79. The summed E-state index contributed by atoms with van der Waals surface area (Å²) < 4.78 is 15.5. The van der Waals surface area contributed by atoms with Crippen LogP contribution in [-0.2, 0) is 7.05 Å². The minimum absolute atomic E-state index is 0.308. The molecule has 1 aromatic carbocycles. The smallest absolute Gasteiger partial charge is 0.188 e. The molecule has 0 unspecified atom stereocenters. The molecule has 0 aliphatic heterocycles. The van der Waals surface area contributed by atoms with E-state index < -0.39 is 0 Å². The van der Waals surface area contributed by atoms with Gasteiger partial charge in [0.15, 0.2) is 11.0 Å². The summed E-state index contributed by atoms with van der Waals surface area (Å²) in [6, 6.07) is 4.42. The lowest BCUT2D eigenvalue weighted by Gasteiger charge is -2.03. The van der Waals surface area contributed by atoms with E-state index in [0.29, 0.717) is 16.5 Å². The highest BCUT2D eigenvalue weighted by molar-refractivity contribution is 9.10. The largest absolute Gasteiger partial charge is 0.305 e. The third kappa shape index (κ3) is 1.91. The lowest BCUT2D eigenvalue weighted by atomic mass is 10.2. The zero-order valence-electron chi connectivity index (χ0n) is 7.78. The van der Waals surface area contributed by atoms with Gasteiger partial charge in [-0.2, -0.15) is 0 Å². The van der Waals surface area contributed by atoms with Crippen LogP contribution in [0.4, 0.5) is 4.39 Å². The first-order valence-electron chi connectivity index (χ1n) is 4.13. The molecule has 6 heteroatoms. The second-order valence-corrected chi connectivity index (χ2v) is 4.26. The molecule has 2 aromatic rings. The van der Waals surface area contributed by atoms with Gasteiger partial charge in [0.1, 0.15) is 5.82 Å². The van der Waals surface area contributed by atoms with Crippen LogP contribution in [0.25, 0.3) is 11.4 Å². The third-order valence-corrected chi connectivity index (χ3v) is 3.10. The van der Waals surface area contributed by atoms with Crippen molar-refractivity contribution in [3.05, 3.63) is 28.5 Å². The Labute approximate surface area is 99.9 Å².